The molecule has 0 saturated carbocycles. The second-order valence-electron chi connectivity index (χ2n) is 6.17. The van der Waals surface area contributed by atoms with Gasteiger partial charge in [-0.1, -0.05) is 24.3 Å². The van der Waals surface area contributed by atoms with Crippen LogP contribution in [0, 0.1) is 5.92 Å². The molecule has 0 bridgehead atoms. The smallest absolute Gasteiger partial charge is 0.226 e. The van der Waals surface area contributed by atoms with E-state index >= 15 is 0 Å². The molecular weight excluding hydrogens is 286 g/mol. The Morgan fingerprint density at radius 3 is 2.86 bits per heavy atom. The van der Waals surface area contributed by atoms with Gasteiger partial charge in [0.2, 0.25) is 5.91 Å². The second-order valence-corrected chi connectivity index (χ2v) is 6.48. The van der Waals surface area contributed by atoms with Crippen molar-refractivity contribution in [2.45, 2.75) is 38.4 Å². The Kier molecular flexibility index (Phi) is 4.51. The highest BCUT2D eigenvalue weighted by Crippen LogP contribution is 2.27. The number of hydrogen-bond acceptors (Lipinski definition) is 2. The number of rotatable bonds is 2. The van der Waals surface area contributed by atoms with Gasteiger partial charge in [-0.2, -0.15) is 0 Å². The van der Waals surface area contributed by atoms with Crippen molar-refractivity contribution in [2.24, 2.45) is 5.92 Å². The van der Waals surface area contributed by atoms with Crippen molar-refractivity contribution in [3.05, 3.63) is 35.4 Å². The van der Waals surface area contributed by atoms with Crippen LogP contribution >= 0.6 is 11.6 Å². The van der Waals surface area contributed by atoms with Gasteiger partial charge in [-0.3, -0.25) is 4.79 Å². The second kappa shape index (κ2) is 6.37. The monoisotopic (exact) mass is 307 g/mol. The molecule has 1 amide bonds. The number of carbonyl (C=O) groups is 1. The maximum Gasteiger partial charge on any atom is 0.226 e. The minimum absolute atomic E-state index is 0.0322. The molecule has 0 N–H and O–H groups in total. The number of aryl methyl sites for hydroxylation is 1. The van der Waals surface area contributed by atoms with E-state index in [-0.39, 0.29) is 24.0 Å². The topological polar surface area (TPSA) is 29.5 Å². The highest BCUT2D eigenvalue weighted by atomic mass is 35.5. The molecule has 2 aliphatic rings. The van der Waals surface area contributed by atoms with Gasteiger partial charge in [0, 0.05) is 19.0 Å². The Balaban J connectivity index is 1.68. The molecule has 1 aliphatic carbocycles. The molecule has 1 saturated heterocycles. The van der Waals surface area contributed by atoms with Gasteiger partial charge in [-0.05, 0) is 37.3 Å². The summed E-state index contributed by atoms with van der Waals surface area (Å²) in [7, 11) is 0. The minimum atomic E-state index is -0.0322. The number of ether oxygens (including phenoxy) is 1. The van der Waals surface area contributed by atoms with Crippen molar-refractivity contribution in [1.29, 1.82) is 0 Å². The van der Waals surface area contributed by atoms with Gasteiger partial charge in [0.05, 0.1) is 18.1 Å². The molecule has 21 heavy (non-hydrogen) atoms. The lowest BCUT2D eigenvalue weighted by atomic mass is 9.83. The summed E-state index contributed by atoms with van der Waals surface area (Å²) in [5, 5.41) is 0. The Hall–Kier alpha value is -1.06. The summed E-state index contributed by atoms with van der Waals surface area (Å²) in [6.07, 6.45) is 2.86. The average molecular weight is 308 g/mol. The van der Waals surface area contributed by atoms with E-state index in [4.69, 9.17) is 16.3 Å². The van der Waals surface area contributed by atoms with Crippen molar-refractivity contribution < 1.29 is 9.53 Å². The zero-order valence-corrected chi connectivity index (χ0v) is 13.2. The first kappa shape index (κ1) is 14.9. The number of halogens is 1. The summed E-state index contributed by atoms with van der Waals surface area (Å²) >= 11 is 5.91. The molecule has 1 aliphatic heterocycles. The molecule has 114 valence electrons. The number of fused-ring (bicyclic) bond motifs is 1. The first-order valence-corrected chi connectivity index (χ1v) is 8.28. The van der Waals surface area contributed by atoms with Crippen LogP contribution in [0.3, 0.4) is 0 Å². The fourth-order valence-electron chi connectivity index (χ4n) is 3.48. The van der Waals surface area contributed by atoms with Crippen LogP contribution in [-0.2, 0) is 22.4 Å². The molecule has 1 fully saturated rings. The number of nitrogens with zero attached hydrogens (tertiary/aromatic N) is 1. The van der Waals surface area contributed by atoms with Crippen molar-refractivity contribution in [3.8, 4) is 0 Å². The maximum absolute atomic E-state index is 12.8. The number of carbonyl (C=O) groups excluding carboxylic acids is 1. The van der Waals surface area contributed by atoms with Crippen LogP contribution in [0.1, 0.15) is 24.5 Å². The molecular formula is C17H22ClNO2. The number of benzene rings is 1. The average Bonchev–Trinajstić information content (AvgIpc) is 2.53. The predicted molar refractivity (Wildman–Crippen MR) is 83.6 cm³/mol. The van der Waals surface area contributed by atoms with E-state index in [2.05, 4.69) is 24.3 Å². The van der Waals surface area contributed by atoms with Crippen LogP contribution in [0.15, 0.2) is 24.3 Å². The third kappa shape index (κ3) is 3.24. The lowest BCUT2D eigenvalue weighted by Crippen LogP contribution is -2.52. The molecule has 3 atom stereocenters. The Labute approximate surface area is 131 Å². The van der Waals surface area contributed by atoms with Crippen LogP contribution in [0.5, 0.6) is 0 Å². The normalized spacial score (nSPS) is 29.0. The van der Waals surface area contributed by atoms with Crippen molar-refractivity contribution in [2.75, 3.05) is 19.0 Å². The number of hydrogen-bond donors (Lipinski definition) is 0. The Morgan fingerprint density at radius 2 is 2.10 bits per heavy atom. The molecule has 3 rings (SSSR count). The van der Waals surface area contributed by atoms with E-state index in [1.54, 1.807) is 0 Å². The Bertz CT molecular complexity index is 519. The van der Waals surface area contributed by atoms with Crippen LogP contribution in [0.25, 0.3) is 0 Å². The minimum Gasteiger partial charge on any atom is -0.370 e. The molecule has 3 nitrogen and oxygen atoms in total. The van der Waals surface area contributed by atoms with Gasteiger partial charge in [-0.25, -0.2) is 0 Å². The zero-order valence-electron chi connectivity index (χ0n) is 12.4. The highest BCUT2D eigenvalue weighted by Gasteiger charge is 2.33. The van der Waals surface area contributed by atoms with Gasteiger partial charge < -0.3 is 9.64 Å². The molecule has 3 unspecified atom stereocenters. The Morgan fingerprint density at radius 1 is 1.33 bits per heavy atom. The lowest BCUT2D eigenvalue weighted by molar-refractivity contribution is -0.147. The third-order valence-electron chi connectivity index (χ3n) is 4.51. The number of amides is 1. The van der Waals surface area contributed by atoms with Crippen molar-refractivity contribution >= 4 is 17.5 Å². The van der Waals surface area contributed by atoms with E-state index in [0.717, 1.165) is 19.3 Å². The quantitative estimate of drug-likeness (QED) is 0.786. The summed E-state index contributed by atoms with van der Waals surface area (Å²) in [6, 6.07) is 8.47. The number of alkyl halides is 1. The van der Waals surface area contributed by atoms with Crippen LogP contribution < -0.4 is 0 Å². The van der Waals surface area contributed by atoms with Crippen LogP contribution in [0.4, 0.5) is 0 Å². The number of morpholine rings is 1. The van der Waals surface area contributed by atoms with E-state index in [9.17, 15) is 4.79 Å². The van der Waals surface area contributed by atoms with Crippen LogP contribution in [-0.4, -0.2) is 42.0 Å². The summed E-state index contributed by atoms with van der Waals surface area (Å²) in [6.45, 7) is 3.32. The summed E-state index contributed by atoms with van der Waals surface area (Å²) in [5.74, 6) is 0.831. The van der Waals surface area contributed by atoms with Gasteiger partial charge in [0.25, 0.3) is 0 Å². The van der Waals surface area contributed by atoms with E-state index in [1.165, 1.54) is 11.1 Å². The lowest BCUT2D eigenvalue weighted by Gasteiger charge is -2.38. The first-order valence-electron chi connectivity index (χ1n) is 7.74. The van der Waals surface area contributed by atoms with E-state index < -0.39 is 0 Å². The molecule has 4 heteroatoms. The molecule has 1 heterocycles. The van der Waals surface area contributed by atoms with Gasteiger partial charge in [0.1, 0.15) is 0 Å². The molecule has 0 spiro atoms. The van der Waals surface area contributed by atoms with Crippen molar-refractivity contribution in [1.82, 2.24) is 4.90 Å². The predicted octanol–water partition coefficient (Wildman–Crippen LogP) is 2.65. The standard InChI is InChI=1S/C17H22ClNO2/c1-12-10-19(11-16(9-18)21-12)17(20)15-7-6-13-4-2-3-5-14(13)8-15/h2-5,12,15-16H,6-11H2,1H3. The molecule has 0 aromatic heterocycles. The third-order valence-corrected chi connectivity index (χ3v) is 4.85. The van der Waals surface area contributed by atoms with Crippen molar-refractivity contribution in [3.63, 3.8) is 0 Å². The first-order chi connectivity index (χ1) is 10.2. The maximum atomic E-state index is 12.8. The molecule has 0 radical (unpaired) electrons. The summed E-state index contributed by atoms with van der Waals surface area (Å²) in [4.78, 5) is 14.8. The SMILES string of the molecule is CC1CN(C(=O)C2CCc3ccccc3C2)CC(CCl)O1. The van der Waals surface area contributed by atoms with E-state index in [0.29, 0.717) is 19.0 Å². The fraction of sp³-hybridized carbons (Fsp3) is 0.588. The van der Waals surface area contributed by atoms with Gasteiger partial charge in [-0.15, -0.1) is 11.6 Å². The van der Waals surface area contributed by atoms with E-state index in [1.807, 2.05) is 11.8 Å². The van der Waals surface area contributed by atoms with Gasteiger partial charge >= 0.3 is 0 Å². The molecule has 1 aromatic carbocycles. The highest BCUT2D eigenvalue weighted by molar-refractivity contribution is 6.18. The van der Waals surface area contributed by atoms with Gasteiger partial charge in [0.15, 0.2) is 0 Å². The zero-order chi connectivity index (χ0) is 14.8. The van der Waals surface area contributed by atoms with Crippen LogP contribution in [0.2, 0.25) is 0 Å². The fourth-order valence-corrected chi connectivity index (χ4v) is 3.65. The summed E-state index contributed by atoms with van der Waals surface area (Å²) in [5.41, 5.74) is 2.73. The molecule has 1 aromatic rings. The summed E-state index contributed by atoms with van der Waals surface area (Å²) < 4.78 is 5.73. The largest absolute Gasteiger partial charge is 0.370 e.